The van der Waals surface area contributed by atoms with Crippen molar-refractivity contribution in [3.63, 3.8) is 0 Å². The van der Waals surface area contributed by atoms with E-state index < -0.39 is 5.91 Å². The molecule has 0 saturated heterocycles. The number of fused-ring (bicyclic) bond motifs is 1. The van der Waals surface area contributed by atoms with Crippen LogP contribution in [0.1, 0.15) is 58.3 Å². The summed E-state index contributed by atoms with van der Waals surface area (Å²) in [5.41, 5.74) is 6.69. The minimum Gasteiger partial charge on any atom is -1.00 e. The van der Waals surface area contributed by atoms with Crippen LogP contribution in [0.25, 0.3) is 16.5 Å². The Morgan fingerprint density at radius 1 is 0.703 bits per heavy atom. The number of carbonyl (C=O) groups is 1. The smallest absolute Gasteiger partial charge is 1.00 e. The summed E-state index contributed by atoms with van der Waals surface area (Å²) >= 11 is 0. The number of nitrogens with one attached hydrogen (secondary N) is 1. The second kappa shape index (κ2) is 24.7. The number of halogens is 2. The van der Waals surface area contributed by atoms with Gasteiger partial charge < -0.3 is 35.3 Å². The standard InChI is InChI=1S/C12H10Si.C10H21NO.C9H7.2ClH.Zr/c1-3-7-11(8-4-1)13-12-9-5-2-6-10-12;1-2-3-4-5-6-7-8-9-10(11)12;1-2-5-9-7-3-6-8(9)4-1;;;/h1-10H;2-9H2,1H3,(H2,11,12);1-7H;2*1H;/q;;-1;;;+4/p-3. The van der Waals surface area contributed by atoms with Crippen molar-refractivity contribution in [3.8, 4) is 0 Å². The molecule has 194 valence electrons. The molecule has 2 radical (unpaired) electrons. The van der Waals surface area contributed by atoms with Gasteiger partial charge in [-0.3, -0.25) is 0 Å². The van der Waals surface area contributed by atoms with Gasteiger partial charge in [-0.15, -0.1) is 29.7 Å². The first kappa shape index (κ1) is 37.6. The molecule has 0 aliphatic heterocycles. The molecule has 0 heterocycles. The van der Waals surface area contributed by atoms with E-state index in [-0.39, 0.29) is 51.0 Å². The van der Waals surface area contributed by atoms with Gasteiger partial charge in [-0.25, -0.2) is 0 Å². The summed E-state index contributed by atoms with van der Waals surface area (Å²) < 4.78 is 0. The maximum atomic E-state index is 10.2. The first-order valence-corrected chi connectivity index (χ1v) is 13.4. The Hall–Kier alpha value is -1.58. The molecule has 0 atom stereocenters. The summed E-state index contributed by atoms with van der Waals surface area (Å²) in [6, 6.07) is 35.8. The van der Waals surface area contributed by atoms with E-state index in [2.05, 4.69) is 110 Å². The van der Waals surface area contributed by atoms with Crippen molar-refractivity contribution in [2.45, 2.75) is 58.3 Å². The second-order valence-corrected chi connectivity index (χ2v) is 9.71. The Balaban J connectivity index is 0. The van der Waals surface area contributed by atoms with Crippen LogP contribution >= 0.6 is 0 Å². The summed E-state index contributed by atoms with van der Waals surface area (Å²) in [6.45, 7) is 2.21. The van der Waals surface area contributed by atoms with Crippen LogP contribution in [-0.2, 0) is 31.0 Å². The van der Waals surface area contributed by atoms with Gasteiger partial charge in [-0.2, -0.15) is 17.5 Å². The zero-order valence-electron chi connectivity index (χ0n) is 21.6. The SMILES string of the molecule is CCCCCCCCCC([NH-])=O.[Cl-].[Cl-].[Zr+4].c1ccc([Si]c2ccccc2)cc1.c1ccc2[cH-]ccc2c1. The van der Waals surface area contributed by atoms with Gasteiger partial charge >= 0.3 is 26.2 Å². The predicted octanol–water partition coefficient (Wildman–Crippen LogP) is 1.61. The third kappa shape index (κ3) is 18.3. The predicted molar refractivity (Wildman–Crippen MR) is 149 cm³/mol. The van der Waals surface area contributed by atoms with Crippen molar-refractivity contribution in [1.29, 1.82) is 0 Å². The van der Waals surface area contributed by atoms with Crippen LogP contribution in [0, 0.1) is 0 Å². The number of hydrogen-bond acceptors (Lipinski definition) is 1. The number of benzene rings is 3. The van der Waals surface area contributed by atoms with Crippen LogP contribution < -0.4 is 35.2 Å². The van der Waals surface area contributed by atoms with Gasteiger partial charge in [0.05, 0.1) is 0 Å². The normalized spacial score (nSPS) is 9.22. The molecule has 0 saturated carbocycles. The maximum Gasteiger partial charge on any atom is 4.00 e. The van der Waals surface area contributed by atoms with E-state index in [9.17, 15) is 4.79 Å². The molecule has 0 aliphatic rings. The van der Waals surface area contributed by atoms with Crippen molar-refractivity contribution in [2.75, 3.05) is 0 Å². The minimum atomic E-state index is -0.413. The summed E-state index contributed by atoms with van der Waals surface area (Å²) in [5.74, 6) is -0.413. The van der Waals surface area contributed by atoms with Crippen LogP contribution in [0.2, 0.25) is 0 Å². The average molecular weight is 630 g/mol. The Labute approximate surface area is 258 Å². The fourth-order valence-electron chi connectivity index (χ4n) is 3.52. The molecular weight excluding hydrogens is 593 g/mol. The monoisotopic (exact) mass is 627 g/mol. The first-order chi connectivity index (χ1) is 16.7. The van der Waals surface area contributed by atoms with E-state index in [1.54, 1.807) is 0 Å². The van der Waals surface area contributed by atoms with E-state index in [0.29, 0.717) is 6.42 Å². The molecule has 0 fully saturated rings. The molecular formula is C31H37Cl2NOSiZr. The van der Waals surface area contributed by atoms with E-state index in [0.717, 1.165) is 22.4 Å². The largest absolute Gasteiger partial charge is 4.00 e. The van der Waals surface area contributed by atoms with Crippen LogP contribution in [0.4, 0.5) is 0 Å². The van der Waals surface area contributed by atoms with Gasteiger partial charge in [-0.05, 0) is 12.8 Å². The number of carbonyl (C=O) groups excluding carboxylic acids is 1. The minimum absolute atomic E-state index is 0. The molecule has 0 aliphatic carbocycles. The molecule has 0 bridgehead atoms. The molecule has 0 spiro atoms. The molecule has 2 nitrogen and oxygen atoms in total. The first-order valence-electron chi connectivity index (χ1n) is 12.4. The van der Waals surface area contributed by atoms with E-state index >= 15 is 0 Å². The van der Waals surface area contributed by atoms with Crippen molar-refractivity contribution in [1.82, 2.24) is 0 Å². The Kier molecular flexibility index (Phi) is 25.1. The number of hydrogen-bond donors (Lipinski definition) is 0. The quantitative estimate of drug-likeness (QED) is 0.149. The average Bonchev–Trinajstić information content (AvgIpc) is 3.35. The number of unbranched alkanes of at least 4 members (excludes halogenated alkanes) is 6. The van der Waals surface area contributed by atoms with Gasteiger partial charge in [0.15, 0.2) is 0 Å². The molecule has 37 heavy (non-hydrogen) atoms. The molecule has 4 aromatic carbocycles. The van der Waals surface area contributed by atoms with E-state index in [1.165, 1.54) is 53.3 Å². The van der Waals surface area contributed by atoms with Crippen LogP contribution in [0.5, 0.6) is 0 Å². The van der Waals surface area contributed by atoms with Crippen molar-refractivity contribution >= 4 is 36.6 Å². The fourth-order valence-corrected chi connectivity index (χ4v) is 4.57. The third-order valence-corrected chi connectivity index (χ3v) is 6.64. The molecule has 6 heteroatoms. The van der Waals surface area contributed by atoms with Gasteiger partial charge in [0.25, 0.3) is 0 Å². The molecule has 0 aromatic heterocycles. The van der Waals surface area contributed by atoms with Crippen molar-refractivity contribution in [2.24, 2.45) is 0 Å². The fraction of sp³-hybridized carbons (Fsp3) is 0.290. The topological polar surface area (TPSA) is 40.9 Å². The summed E-state index contributed by atoms with van der Waals surface area (Å²) in [7, 11) is 0.777. The van der Waals surface area contributed by atoms with E-state index in [4.69, 9.17) is 5.73 Å². The molecule has 4 aromatic rings. The zero-order chi connectivity index (χ0) is 24.3. The van der Waals surface area contributed by atoms with E-state index in [1.807, 2.05) is 0 Å². The summed E-state index contributed by atoms with van der Waals surface area (Å²) in [5, 5.41) is 5.46. The molecule has 4 rings (SSSR count). The summed E-state index contributed by atoms with van der Waals surface area (Å²) in [4.78, 5) is 10.2. The van der Waals surface area contributed by atoms with Crippen LogP contribution in [0.3, 0.4) is 0 Å². The Morgan fingerprint density at radius 3 is 1.70 bits per heavy atom. The van der Waals surface area contributed by atoms with Crippen molar-refractivity contribution < 1.29 is 55.8 Å². The maximum absolute atomic E-state index is 10.2. The number of rotatable bonds is 10. The summed E-state index contributed by atoms with van der Waals surface area (Å²) in [6.07, 6.45) is 8.94. The Morgan fingerprint density at radius 2 is 1.19 bits per heavy atom. The molecule has 1 N–H and O–H groups in total. The van der Waals surface area contributed by atoms with Gasteiger partial charge in [0.2, 0.25) is 0 Å². The molecule has 1 amide bonds. The van der Waals surface area contributed by atoms with Crippen molar-refractivity contribution in [3.05, 3.63) is 109 Å². The van der Waals surface area contributed by atoms with Gasteiger partial charge in [0, 0.05) is 5.91 Å². The second-order valence-electron chi connectivity index (χ2n) is 8.31. The van der Waals surface area contributed by atoms with Crippen LogP contribution in [-0.4, -0.2) is 15.4 Å². The van der Waals surface area contributed by atoms with Gasteiger partial charge in [-0.1, -0.05) is 123 Å². The Bertz CT molecular complexity index is 977. The zero-order valence-corrected chi connectivity index (χ0v) is 26.6. The third-order valence-electron chi connectivity index (χ3n) is 5.39. The molecule has 0 unspecified atom stereocenters. The van der Waals surface area contributed by atoms with Crippen LogP contribution in [0.15, 0.2) is 103 Å². The van der Waals surface area contributed by atoms with Gasteiger partial charge in [0.1, 0.15) is 9.52 Å². The number of amides is 1.